The van der Waals surface area contributed by atoms with Crippen LogP contribution in [-0.4, -0.2) is 45.9 Å². The van der Waals surface area contributed by atoms with Gasteiger partial charge in [-0.05, 0) is 43.2 Å². The van der Waals surface area contributed by atoms with Crippen molar-refractivity contribution in [1.29, 1.82) is 0 Å². The highest BCUT2D eigenvalue weighted by Gasteiger charge is 2.36. The molecule has 0 amide bonds. The van der Waals surface area contributed by atoms with E-state index in [1.807, 2.05) is 6.92 Å². The van der Waals surface area contributed by atoms with Crippen LogP contribution >= 0.6 is 0 Å². The van der Waals surface area contributed by atoms with Gasteiger partial charge in [0.15, 0.2) is 17.5 Å². The highest BCUT2D eigenvalue weighted by atomic mass is 19.1. The van der Waals surface area contributed by atoms with Crippen molar-refractivity contribution >= 4 is 5.96 Å². The Bertz CT molecular complexity index is 576. The van der Waals surface area contributed by atoms with Crippen molar-refractivity contribution in [2.24, 2.45) is 10.4 Å². The molecule has 1 atom stereocenters. The third-order valence-electron chi connectivity index (χ3n) is 5.19. The molecule has 2 rings (SSSR count). The number of nitrogens with zero attached hydrogens (tertiary/aromatic N) is 1. The minimum absolute atomic E-state index is 0.128. The molecule has 0 radical (unpaired) electrons. The third kappa shape index (κ3) is 5.87. The second kappa shape index (κ2) is 10.4. The van der Waals surface area contributed by atoms with Gasteiger partial charge in [-0.15, -0.1) is 0 Å². The zero-order valence-corrected chi connectivity index (χ0v) is 16.2. The average Bonchev–Trinajstić information content (AvgIpc) is 2.63. The molecule has 0 aromatic heterocycles. The molecule has 1 aliphatic rings. The standard InChI is InChI=1S/C20H32FN3O2/c1-4-16(26-18-9-6-5-8-17(18)21)14-23-19(22-2)24-15-20(10-7-11-20)12-13-25-3/h5-6,8-9,16H,4,7,10-15H2,1-3H3,(H2,22,23,24). The van der Waals surface area contributed by atoms with Gasteiger partial charge in [0.25, 0.3) is 0 Å². The summed E-state index contributed by atoms with van der Waals surface area (Å²) in [5.74, 6) is 0.708. The van der Waals surface area contributed by atoms with Gasteiger partial charge in [-0.3, -0.25) is 4.99 Å². The second-order valence-corrected chi connectivity index (χ2v) is 6.98. The van der Waals surface area contributed by atoms with E-state index < -0.39 is 0 Å². The normalized spacial score (nSPS) is 17.3. The number of ether oxygens (including phenoxy) is 2. The molecule has 1 fully saturated rings. The molecular weight excluding hydrogens is 333 g/mol. The molecule has 0 aliphatic heterocycles. The lowest BCUT2D eigenvalue weighted by atomic mass is 9.67. The van der Waals surface area contributed by atoms with Crippen molar-refractivity contribution in [2.75, 3.05) is 33.9 Å². The van der Waals surface area contributed by atoms with Crippen LogP contribution in [0.1, 0.15) is 39.0 Å². The number of para-hydroxylation sites is 1. The van der Waals surface area contributed by atoms with Crippen molar-refractivity contribution in [2.45, 2.75) is 45.1 Å². The first-order valence-electron chi connectivity index (χ1n) is 9.47. The molecule has 2 N–H and O–H groups in total. The monoisotopic (exact) mass is 365 g/mol. The van der Waals surface area contributed by atoms with Gasteiger partial charge in [0.1, 0.15) is 6.10 Å². The Morgan fingerprint density at radius 2 is 2.08 bits per heavy atom. The minimum Gasteiger partial charge on any atom is -0.486 e. The lowest BCUT2D eigenvalue weighted by molar-refractivity contribution is 0.0732. The fraction of sp³-hybridized carbons (Fsp3) is 0.650. The van der Waals surface area contributed by atoms with Crippen molar-refractivity contribution in [1.82, 2.24) is 10.6 Å². The van der Waals surface area contributed by atoms with Crippen LogP contribution < -0.4 is 15.4 Å². The Kier molecular flexibility index (Phi) is 8.16. The molecule has 0 heterocycles. The van der Waals surface area contributed by atoms with Gasteiger partial charge in [-0.2, -0.15) is 0 Å². The number of halogens is 1. The van der Waals surface area contributed by atoms with Gasteiger partial charge in [-0.1, -0.05) is 25.5 Å². The summed E-state index contributed by atoms with van der Waals surface area (Å²) in [4.78, 5) is 4.29. The molecule has 0 bridgehead atoms. The molecule has 5 nitrogen and oxygen atoms in total. The van der Waals surface area contributed by atoms with Crippen LogP contribution in [0.3, 0.4) is 0 Å². The SMILES string of the molecule is CCC(CNC(=NC)NCC1(CCOC)CCC1)Oc1ccccc1F. The maximum atomic E-state index is 13.8. The third-order valence-corrected chi connectivity index (χ3v) is 5.19. The number of nitrogens with one attached hydrogen (secondary N) is 2. The fourth-order valence-corrected chi connectivity index (χ4v) is 3.20. The molecular formula is C20H32FN3O2. The summed E-state index contributed by atoms with van der Waals surface area (Å²) in [6.07, 6.45) is 5.46. The molecule has 1 unspecified atom stereocenters. The Morgan fingerprint density at radius 3 is 2.65 bits per heavy atom. The zero-order chi connectivity index (χ0) is 18.8. The van der Waals surface area contributed by atoms with Gasteiger partial charge in [-0.25, -0.2) is 4.39 Å². The zero-order valence-electron chi connectivity index (χ0n) is 16.2. The first-order chi connectivity index (χ1) is 12.6. The van der Waals surface area contributed by atoms with Crippen LogP contribution in [0.4, 0.5) is 4.39 Å². The van der Waals surface area contributed by atoms with Crippen LogP contribution in [0.5, 0.6) is 5.75 Å². The number of aliphatic imine (C=N–C) groups is 1. The molecule has 146 valence electrons. The van der Waals surface area contributed by atoms with E-state index >= 15 is 0 Å². The van der Waals surface area contributed by atoms with E-state index in [1.54, 1.807) is 32.4 Å². The first-order valence-corrected chi connectivity index (χ1v) is 9.47. The van der Waals surface area contributed by atoms with Gasteiger partial charge < -0.3 is 20.1 Å². The number of rotatable bonds is 10. The average molecular weight is 365 g/mol. The highest BCUT2D eigenvalue weighted by Crippen LogP contribution is 2.43. The predicted molar refractivity (Wildman–Crippen MR) is 103 cm³/mol. The Morgan fingerprint density at radius 1 is 1.31 bits per heavy atom. The van der Waals surface area contributed by atoms with Crippen molar-refractivity contribution in [3.05, 3.63) is 30.1 Å². The summed E-state index contributed by atoms with van der Waals surface area (Å²) >= 11 is 0. The van der Waals surface area contributed by atoms with Crippen LogP contribution in [0, 0.1) is 11.2 Å². The van der Waals surface area contributed by atoms with Crippen LogP contribution in [-0.2, 0) is 4.74 Å². The summed E-state index contributed by atoms with van der Waals surface area (Å²) in [7, 11) is 3.51. The predicted octanol–water partition coefficient (Wildman–Crippen LogP) is 3.35. The molecule has 26 heavy (non-hydrogen) atoms. The van der Waals surface area contributed by atoms with Gasteiger partial charge in [0.05, 0.1) is 6.54 Å². The topological polar surface area (TPSA) is 54.9 Å². The molecule has 1 aliphatic carbocycles. The van der Waals surface area contributed by atoms with E-state index in [2.05, 4.69) is 15.6 Å². The minimum atomic E-state index is -0.335. The number of hydrogen-bond acceptors (Lipinski definition) is 3. The molecule has 1 aromatic rings. The Hall–Kier alpha value is -1.82. The van der Waals surface area contributed by atoms with Crippen LogP contribution in [0.2, 0.25) is 0 Å². The van der Waals surface area contributed by atoms with Crippen LogP contribution in [0.15, 0.2) is 29.3 Å². The van der Waals surface area contributed by atoms with E-state index in [-0.39, 0.29) is 17.7 Å². The van der Waals surface area contributed by atoms with E-state index in [9.17, 15) is 4.39 Å². The van der Waals surface area contributed by atoms with Gasteiger partial charge >= 0.3 is 0 Å². The Labute approximate surface area is 156 Å². The van der Waals surface area contributed by atoms with Gasteiger partial charge in [0.2, 0.25) is 0 Å². The molecule has 6 heteroatoms. The lowest BCUT2D eigenvalue weighted by Gasteiger charge is -2.42. The highest BCUT2D eigenvalue weighted by molar-refractivity contribution is 5.79. The number of hydrogen-bond donors (Lipinski definition) is 2. The maximum Gasteiger partial charge on any atom is 0.191 e. The van der Waals surface area contributed by atoms with E-state index in [1.165, 1.54) is 25.3 Å². The smallest absolute Gasteiger partial charge is 0.191 e. The van der Waals surface area contributed by atoms with Gasteiger partial charge in [0, 0.05) is 27.3 Å². The molecule has 1 aromatic carbocycles. The summed E-state index contributed by atoms with van der Waals surface area (Å²) in [6, 6.07) is 6.50. The quantitative estimate of drug-likeness (QED) is 0.493. The summed E-state index contributed by atoms with van der Waals surface area (Å²) < 4.78 is 24.8. The van der Waals surface area contributed by atoms with E-state index in [0.717, 1.165) is 32.0 Å². The number of methoxy groups -OCH3 is 1. The number of benzene rings is 1. The maximum absolute atomic E-state index is 13.8. The summed E-state index contributed by atoms with van der Waals surface area (Å²) in [5, 5.41) is 6.73. The molecule has 0 spiro atoms. The lowest BCUT2D eigenvalue weighted by Crippen LogP contribution is -2.48. The largest absolute Gasteiger partial charge is 0.486 e. The van der Waals surface area contributed by atoms with E-state index in [0.29, 0.717) is 12.0 Å². The molecule has 0 saturated heterocycles. The first kappa shape index (κ1) is 20.5. The van der Waals surface area contributed by atoms with Crippen molar-refractivity contribution < 1.29 is 13.9 Å². The van der Waals surface area contributed by atoms with Crippen LogP contribution in [0.25, 0.3) is 0 Å². The van der Waals surface area contributed by atoms with E-state index in [4.69, 9.17) is 9.47 Å². The summed E-state index contributed by atoms with van der Waals surface area (Å²) in [6.45, 7) is 4.27. The fourth-order valence-electron chi connectivity index (χ4n) is 3.20. The van der Waals surface area contributed by atoms with Crippen molar-refractivity contribution in [3.8, 4) is 5.75 Å². The summed E-state index contributed by atoms with van der Waals surface area (Å²) in [5.41, 5.74) is 0.321. The second-order valence-electron chi connectivity index (χ2n) is 6.98. The van der Waals surface area contributed by atoms with Crippen molar-refractivity contribution in [3.63, 3.8) is 0 Å². The number of guanidine groups is 1. The Balaban J connectivity index is 1.80. The molecule has 1 saturated carbocycles.